The molecular formula is C14H19N3. The van der Waals surface area contributed by atoms with Crippen LogP contribution in [0.25, 0.3) is 11.0 Å². The van der Waals surface area contributed by atoms with Gasteiger partial charge in [-0.2, -0.15) is 0 Å². The number of aromatic nitrogens is 2. The molecule has 3 rings (SSSR count). The topological polar surface area (TPSA) is 43.8 Å². The van der Waals surface area contributed by atoms with Crippen LogP contribution in [-0.4, -0.2) is 15.6 Å². The van der Waals surface area contributed by atoms with Gasteiger partial charge in [0.1, 0.15) is 5.82 Å². The standard InChI is InChI=1S/C14H19N3/c1-3-14-16-12-8-9(10-6-11(15)7-10)4-5-13(12)17(14)2/h4-5,8,10-11H,3,6-7,15H2,1-2H3. The maximum Gasteiger partial charge on any atom is 0.109 e. The molecule has 1 fully saturated rings. The maximum atomic E-state index is 5.85. The number of fused-ring (bicyclic) bond motifs is 1. The number of aryl methyl sites for hydroxylation is 2. The number of hydrogen-bond acceptors (Lipinski definition) is 2. The molecule has 1 aliphatic carbocycles. The van der Waals surface area contributed by atoms with Crippen LogP contribution in [0.5, 0.6) is 0 Å². The number of imidazole rings is 1. The fourth-order valence-corrected chi connectivity index (χ4v) is 2.77. The summed E-state index contributed by atoms with van der Waals surface area (Å²) in [5, 5.41) is 0. The molecule has 1 aliphatic rings. The monoisotopic (exact) mass is 229 g/mol. The summed E-state index contributed by atoms with van der Waals surface area (Å²) in [4.78, 5) is 4.68. The van der Waals surface area contributed by atoms with Gasteiger partial charge in [-0.25, -0.2) is 4.98 Å². The summed E-state index contributed by atoms with van der Waals surface area (Å²) in [6.45, 7) is 2.15. The van der Waals surface area contributed by atoms with Crippen LogP contribution < -0.4 is 5.73 Å². The minimum absolute atomic E-state index is 0.408. The minimum Gasteiger partial charge on any atom is -0.331 e. The van der Waals surface area contributed by atoms with Crippen molar-refractivity contribution in [2.24, 2.45) is 12.8 Å². The molecule has 3 nitrogen and oxygen atoms in total. The van der Waals surface area contributed by atoms with Gasteiger partial charge < -0.3 is 10.3 Å². The van der Waals surface area contributed by atoms with E-state index < -0.39 is 0 Å². The van der Waals surface area contributed by atoms with Crippen molar-refractivity contribution in [3.8, 4) is 0 Å². The second-order valence-corrected chi connectivity index (χ2v) is 5.12. The van der Waals surface area contributed by atoms with Crippen LogP contribution in [0.2, 0.25) is 0 Å². The Kier molecular flexibility index (Phi) is 2.44. The van der Waals surface area contributed by atoms with E-state index in [1.54, 1.807) is 0 Å². The molecule has 90 valence electrons. The average Bonchev–Trinajstić information content (AvgIpc) is 2.61. The molecule has 0 saturated heterocycles. The predicted octanol–water partition coefficient (Wildman–Crippen LogP) is 2.34. The minimum atomic E-state index is 0.408. The molecule has 17 heavy (non-hydrogen) atoms. The number of nitrogens with zero attached hydrogens (tertiary/aromatic N) is 2. The fraction of sp³-hybridized carbons (Fsp3) is 0.500. The predicted molar refractivity (Wildman–Crippen MR) is 70.0 cm³/mol. The zero-order valence-electron chi connectivity index (χ0n) is 10.5. The van der Waals surface area contributed by atoms with Gasteiger partial charge in [0.15, 0.2) is 0 Å². The van der Waals surface area contributed by atoms with Gasteiger partial charge in [-0.15, -0.1) is 0 Å². The highest BCUT2D eigenvalue weighted by Gasteiger charge is 2.27. The van der Waals surface area contributed by atoms with Crippen molar-refractivity contribution in [1.82, 2.24) is 9.55 Å². The summed E-state index contributed by atoms with van der Waals surface area (Å²) < 4.78 is 2.19. The van der Waals surface area contributed by atoms with Gasteiger partial charge in [0, 0.05) is 19.5 Å². The van der Waals surface area contributed by atoms with E-state index in [2.05, 4.69) is 41.7 Å². The zero-order chi connectivity index (χ0) is 12.0. The van der Waals surface area contributed by atoms with E-state index in [1.807, 2.05) is 0 Å². The van der Waals surface area contributed by atoms with E-state index >= 15 is 0 Å². The first-order valence-electron chi connectivity index (χ1n) is 6.40. The largest absolute Gasteiger partial charge is 0.331 e. The zero-order valence-corrected chi connectivity index (χ0v) is 10.5. The Bertz CT molecular complexity index is 550. The molecule has 0 amide bonds. The fourth-order valence-electron chi connectivity index (χ4n) is 2.77. The van der Waals surface area contributed by atoms with Crippen LogP contribution in [0.1, 0.15) is 37.1 Å². The molecule has 0 aliphatic heterocycles. The molecule has 1 saturated carbocycles. The second-order valence-electron chi connectivity index (χ2n) is 5.12. The van der Waals surface area contributed by atoms with Crippen molar-refractivity contribution >= 4 is 11.0 Å². The van der Waals surface area contributed by atoms with Gasteiger partial charge in [0.05, 0.1) is 11.0 Å². The summed E-state index contributed by atoms with van der Waals surface area (Å²) >= 11 is 0. The highest BCUT2D eigenvalue weighted by molar-refractivity contribution is 5.77. The van der Waals surface area contributed by atoms with E-state index in [4.69, 9.17) is 5.73 Å². The van der Waals surface area contributed by atoms with Gasteiger partial charge >= 0.3 is 0 Å². The summed E-state index contributed by atoms with van der Waals surface area (Å²) in [5.41, 5.74) is 9.61. The summed E-state index contributed by atoms with van der Waals surface area (Å²) in [7, 11) is 2.09. The van der Waals surface area contributed by atoms with E-state index in [0.29, 0.717) is 12.0 Å². The molecule has 0 unspecified atom stereocenters. The maximum absolute atomic E-state index is 5.85. The van der Waals surface area contributed by atoms with E-state index in [9.17, 15) is 0 Å². The van der Waals surface area contributed by atoms with Gasteiger partial charge in [-0.05, 0) is 36.5 Å². The molecule has 0 radical (unpaired) electrons. The Hall–Kier alpha value is -1.35. The third-order valence-corrected chi connectivity index (χ3v) is 3.96. The molecule has 3 heteroatoms. The van der Waals surface area contributed by atoms with Crippen molar-refractivity contribution in [2.75, 3.05) is 0 Å². The lowest BCUT2D eigenvalue weighted by Crippen LogP contribution is -2.34. The molecule has 0 spiro atoms. The van der Waals surface area contributed by atoms with E-state index in [1.165, 1.54) is 11.1 Å². The normalized spacial score (nSPS) is 23.9. The Morgan fingerprint density at radius 1 is 1.41 bits per heavy atom. The molecule has 0 atom stereocenters. The van der Waals surface area contributed by atoms with Gasteiger partial charge in [0.25, 0.3) is 0 Å². The molecule has 2 aromatic rings. The van der Waals surface area contributed by atoms with Crippen molar-refractivity contribution in [1.29, 1.82) is 0 Å². The van der Waals surface area contributed by atoms with Crippen LogP contribution in [0.3, 0.4) is 0 Å². The average molecular weight is 229 g/mol. The highest BCUT2D eigenvalue weighted by atomic mass is 15.1. The number of hydrogen-bond donors (Lipinski definition) is 1. The van der Waals surface area contributed by atoms with Crippen molar-refractivity contribution in [3.05, 3.63) is 29.6 Å². The quantitative estimate of drug-likeness (QED) is 0.859. The lowest BCUT2D eigenvalue weighted by molar-refractivity contribution is 0.352. The third-order valence-electron chi connectivity index (χ3n) is 3.96. The van der Waals surface area contributed by atoms with Crippen LogP contribution in [0.15, 0.2) is 18.2 Å². The molecular weight excluding hydrogens is 210 g/mol. The van der Waals surface area contributed by atoms with Crippen LogP contribution in [0.4, 0.5) is 0 Å². The molecule has 0 bridgehead atoms. The van der Waals surface area contributed by atoms with Crippen molar-refractivity contribution < 1.29 is 0 Å². The molecule has 1 aromatic heterocycles. The SMILES string of the molecule is CCc1nc2cc(C3CC(N)C3)ccc2n1C. The Labute approximate surface area is 102 Å². The van der Waals surface area contributed by atoms with Crippen LogP contribution in [0, 0.1) is 0 Å². The van der Waals surface area contributed by atoms with Gasteiger partial charge in [0.2, 0.25) is 0 Å². The second kappa shape index (κ2) is 3.84. The van der Waals surface area contributed by atoms with Gasteiger partial charge in [-0.3, -0.25) is 0 Å². The number of nitrogens with two attached hydrogens (primary N) is 1. The molecule has 2 N–H and O–H groups in total. The molecule has 1 aromatic carbocycles. The molecule has 1 heterocycles. The van der Waals surface area contributed by atoms with E-state index in [-0.39, 0.29) is 0 Å². The first-order valence-corrected chi connectivity index (χ1v) is 6.40. The van der Waals surface area contributed by atoms with Crippen LogP contribution >= 0.6 is 0 Å². The van der Waals surface area contributed by atoms with E-state index in [0.717, 1.165) is 30.6 Å². The number of benzene rings is 1. The lowest BCUT2D eigenvalue weighted by Gasteiger charge is -2.32. The lowest BCUT2D eigenvalue weighted by atomic mass is 9.76. The van der Waals surface area contributed by atoms with Crippen LogP contribution in [-0.2, 0) is 13.5 Å². The van der Waals surface area contributed by atoms with Crippen molar-refractivity contribution in [2.45, 2.75) is 38.1 Å². The first-order chi connectivity index (χ1) is 8.19. The van der Waals surface area contributed by atoms with Crippen molar-refractivity contribution in [3.63, 3.8) is 0 Å². The Morgan fingerprint density at radius 3 is 2.82 bits per heavy atom. The smallest absolute Gasteiger partial charge is 0.109 e. The Balaban J connectivity index is 2.01. The number of rotatable bonds is 2. The Morgan fingerprint density at radius 2 is 2.18 bits per heavy atom. The highest BCUT2D eigenvalue weighted by Crippen LogP contribution is 2.36. The summed E-state index contributed by atoms with van der Waals surface area (Å²) in [6.07, 6.45) is 3.23. The third kappa shape index (κ3) is 1.65. The first kappa shape index (κ1) is 10.8. The van der Waals surface area contributed by atoms with Gasteiger partial charge in [-0.1, -0.05) is 13.0 Å². The summed E-state index contributed by atoms with van der Waals surface area (Å²) in [5.74, 6) is 1.81. The summed E-state index contributed by atoms with van der Waals surface area (Å²) in [6, 6.07) is 7.08.